The first-order valence-corrected chi connectivity index (χ1v) is 7.15. The van der Waals surface area contributed by atoms with Gasteiger partial charge in [-0.1, -0.05) is 18.2 Å². The van der Waals surface area contributed by atoms with Gasteiger partial charge in [0.1, 0.15) is 11.3 Å². The maximum absolute atomic E-state index is 9.71. The van der Waals surface area contributed by atoms with Gasteiger partial charge in [-0.15, -0.1) is 0 Å². The Bertz CT molecular complexity index is 515. The van der Waals surface area contributed by atoms with Crippen molar-refractivity contribution in [2.24, 2.45) is 0 Å². The average Bonchev–Trinajstić information content (AvgIpc) is 2.82. The van der Waals surface area contributed by atoms with E-state index in [0.717, 1.165) is 42.4 Å². The van der Waals surface area contributed by atoms with E-state index in [0.29, 0.717) is 6.04 Å². The number of aliphatic hydroxyl groups excluding tert-OH is 1. The quantitative estimate of drug-likeness (QED) is 0.888. The maximum Gasteiger partial charge on any atom is 0.134 e. The number of para-hydroxylation sites is 1. The number of hydrogen-bond acceptors (Lipinski definition) is 3. The van der Waals surface area contributed by atoms with Gasteiger partial charge in [-0.3, -0.25) is 0 Å². The van der Waals surface area contributed by atoms with Crippen LogP contribution in [0.2, 0.25) is 0 Å². The maximum atomic E-state index is 9.71. The van der Waals surface area contributed by atoms with Crippen molar-refractivity contribution < 1.29 is 9.52 Å². The Morgan fingerprint density at radius 2 is 2.16 bits per heavy atom. The van der Waals surface area contributed by atoms with Gasteiger partial charge in [-0.25, -0.2) is 0 Å². The minimum atomic E-state index is -0.144. The molecule has 0 saturated heterocycles. The molecule has 0 radical (unpaired) electrons. The van der Waals surface area contributed by atoms with Gasteiger partial charge < -0.3 is 14.8 Å². The molecule has 3 unspecified atom stereocenters. The molecule has 3 heteroatoms. The highest BCUT2D eigenvalue weighted by atomic mass is 16.3. The molecule has 1 aliphatic rings. The highest BCUT2D eigenvalue weighted by molar-refractivity contribution is 5.77. The summed E-state index contributed by atoms with van der Waals surface area (Å²) in [6.45, 7) is 2.12. The van der Waals surface area contributed by atoms with Crippen molar-refractivity contribution in [1.82, 2.24) is 5.32 Å². The Hall–Kier alpha value is -1.32. The number of nitrogens with one attached hydrogen (secondary N) is 1. The topological polar surface area (TPSA) is 45.4 Å². The summed E-state index contributed by atoms with van der Waals surface area (Å²) in [7, 11) is 0. The van der Waals surface area contributed by atoms with Crippen LogP contribution in [-0.2, 0) is 0 Å². The predicted molar refractivity (Wildman–Crippen MR) is 76.0 cm³/mol. The Balaban J connectivity index is 1.70. The molecule has 0 spiro atoms. The van der Waals surface area contributed by atoms with E-state index in [1.54, 1.807) is 0 Å². The van der Waals surface area contributed by atoms with E-state index in [4.69, 9.17) is 4.42 Å². The van der Waals surface area contributed by atoms with E-state index < -0.39 is 0 Å². The average molecular weight is 259 g/mol. The number of aliphatic hydroxyl groups is 1. The summed E-state index contributed by atoms with van der Waals surface area (Å²) in [5.41, 5.74) is 0.940. The molecule has 0 bridgehead atoms. The largest absolute Gasteiger partial charge is 0.459 e. The van der Waals surface area contributed by atoms with Crippen LogP contribution in [-0.4, -0.2) is 17.3 Å². The molecule has 102 valence electrons. The molecule has 19 heavy (non-hydrogen) atoms. The van der Waals surface area contributed by atoms with Crippen LogP contribution >= 0.6 is 0 Å². The smallest absolute Gasteiger partial charge is 0.134 e. The third kappa shape index (κ3) is 2.82. The molecule has 0 aliphatic heterocycles. The van der Waals surface area contributed by atoms with Crippen LogP contribution in [0.4, 0.5) is 0 Å². The van der Waals surface area contributed by atoms with Crippen molar-refractivity contribution in [3.8, 4) is 0 Å². The van der Waals surface area contributed by atoms with E-state index in [1.165, 1.54) is 0 Å². The van der Waals surface area contributed by atoms with Gasteiger partial charge >= 0.3 is 0 Å². The molecule has 2 aromatic rings. The first kappa shape index (κ1) is 12.7. The molecule has 1 saturated carbocycles. The number of rotatable bonds is 3. The molecule has 1 heterocycles. The number of furan rings is 1. The number of fused-ring (bicyclic) bond motifs is 1. The molecule has 1 aliphatic carbocycles. The van der Waals surface area contributed by atoms with Crippen LogP contribution in [0.3, 0.4) is 0 Å². The van der Waals surface area contributed by atoms with Crippen LogP contribution in [0, 0.1) is 0 Å². The fraction of sp³-hybridized carbons (Fsp3) is 0.500. The highest BCUT2D eigenvalue weighted by Gasteiger charge is 2.22. The van der Waals surface area contributed by atoms with Crippen molar-refractivity contribution in [3.63, 3.8) is 0 Å². The zero-order chi connectivity index (χ0) is 13.2. The van der Waals surface area contributed by atoms with Crippen molar-refractivity contribution in [3.05, 3.63) is 36.1 Å². The highest BCUT2D eigenvalue weighted by Crippen LogP contribution is 2.26. The van der Waals surface area contributed by atoms with Crippen LogP contribution in [0.15, 0.2) is 34.7 Å². The zero-order valence-electron chi connectivity index (χ0n) is 11.3. The van der Waals surface area contributed by atoms with E-state index in [2.05, 4.69) is 24.4 Å². The van der Waals surface area contributed by atoms with Gasteiger partial charge in [0.15, 0.2) is 0 Å². The summed E-state index contributed by atoms with van der Waals surface area (Å²) < 4.78 is 5.87. The van der Waals surface area contributed by atoms with Gasteiger partial charge in [0.25, 0.3) is 0 Å². The Morgan fingerprint density at radius 3 is 2.95 bits per heavy atom. The lowest BCUT2D eigenvalue weighted by atomic mass is 9.92. The standard InChI is InChI=1S/C16H21NO2/c1-11(17-13-6-4-7-14(18)10-13)16-9-12-5-2-3-8-15(12)19-16/h2-3,5,8-9,11,13-14,17-18H,4,6-7,10H2,1H3. The van der Waals surface area contributed by atoms with Crippen molar-refractivity contribution >= 4 is 11.0 Å². The van der Waals surface area contributed by atoms with Gasteiger partial charge in [0.05, 0.1) is 12.1 Å². The van der Waals surface area contributed by atoms with Gasteiger partial charge in [0.2, 0.25) is 0 Å². The third-order valence-electron chi connectivity index (χ3n) is 4.00. The zero-order valence-corrected chi connectivity index (χ0v) is 11.3. The van der Waals surface area contributed by atoms with Crippen molar-refractivity contribution in [2.75, 3.05) is 0 Å². The van der Waals surface area contributed by atoms with Gasteiger partial charge in [-0.2, -0.15) is 0 Å². The van der Waals surface area contributed by atoms with Crippen molar-refractivity contribution in [2.45, 2.75) is 50.8 Å². The Labute approximate surface area is 113 Å². The molecule has 2 N–H and O–H groups in total. The monoisotopic (exact) mass is 259 g/mol. The van der Waals surface area contributed by atoms with Crippen LogP contribution in [0.5, 0.6) is 0 Å². The van der Waals surface area contributed by atoms with E-state index in [9.17, 15) is 5.11 Å². The first-order valence-electron chi connectivity index (χ1n) is 7.15. The fourth-order valence-electron chi connectivity index (χ4n) is 2.97. The van der Waals surface area contributed by atoms with Crippen LogP contribution < -0.4 is 5.32 Å². The molecule has 1 aromatic heterocycles. The SMILES string of the molecule is CC(NC1CCCC(O)C1)c1cc2ccccc2o1. The van der Waals surface area contributed by atoms with Crippen LogP contribution in [0.25, 0.3) is 11.0 Å². The second-order valence-electron chi connectivity index (χ2n) is 5.59. The lowest BCUT2D eigenvalue weighted by molar-refractivity contribution is 0.108. The van der Waals surface area contributed by atoms with E-state index >= 15 is 0 Å². The normalized spacial score (nSPS) is 25.6. The molecular formula is C16H21NO2. The lowest BCUT2D eigenvalue weighted by Gasteiger charge is -2.28. The third-order valence-corrected chi connectivity index (χ3v) is 4.00. The summed E-state index contributed by atoms with van der Waals surface area (Å²) >= 11 is 0. The van der Waals surface area contributed by atoms with Gasteiger partial charge in [0, 0.05) is 11.4 Å². The Kier molecular flexibility index (Phi) is 3.58. The number of benzene rings is 1. The summed E-state index contributed by atoms with van der Waals surface area (Å²) in [4.78, 5) is 0. The molecule has 3 atom stereocenters. The molecule has 0 amide bonds. The van der Waals surface area contributed by atoms with Crippen LogP contribution in [0.1, 0.15) is 44.4 Å². The van der Waals surface area contributed by atoms with E-state index in [1.807, 2.05) is 18.2 Å². The fourth-order valence-corrected chi connectivity index (χ4v) is 2.97. The Morgan fingerprint density at radius 1 is 1.32 bits per heavy atom. The minimum absolute atomic E-state index is 0.144. The van der Waals surface area contributed by atoms with E-state index in [-0.39, 0.29) is 12.1 Å². The second-order valence-corrected chi connectivity index (χ2v) is 5.59. The summed E-state index contributed by atoms with van der Waals surface area (Å²) in [5, 5.41) is 14.4. The second kappa shape index (κ2) is 5.35. The molecular weight excluding hydrogens is 238 g/mol. The summed E-state index contributed by atoms with van der Waals surface area (Å²) in [5.74, 6) is 0.973. The van der Waals surface area contributed by atoms with Gasteiger partial charge in [-0.05, 0) is 44.7 Å². The number of hydrogen-bond donors (Lipinski definition) is 2. The molecule has 1 fully saturated rings. The van der Waals surface area contributed by atoms with Crippen molar-refractivity contribution in [1.29, 1.82) is 0 Å². The molecule has 3 nitrogen and oxygen atoms in total. The minimum Gasteiger partial charge on any atom is -0.459 e. The first-order chi connectivity index (χ1) is 9.22. The lowest BCUT2D eigenvalue weighted by Crippen LogP contribution is -2.37. The molecule has 1 aromatic carbocycles. The summed E-state index contributed by atoms with van der Waals surface area (Å²) in [6, 6.07) is 10.8. The predicted octanol–water partition coefficient (Wildman–Crippen LogP) is 3.39. The summed E-state index contributed by atoms with van der Waals surface area (Å²) in [6.07, 6.45) is 3.89. The molecule has 3 rings (SSSR count).